The van der Waals surface area contributed by atoms with Gasteiger partial charge < -0.3 is 25.8 Å². The third-order valence-electron chi connectivity index (χ3n) is 3.45. The standard InChI is InChI=1S/C16H25N3O4/c1-9(2)15(17)16(21)18-8-14(20)19-11-7-13(23-5)12(22-4)6-10(11)3/h6-7,9,15H,8,17H2,1-5H3,(H,18,21)(H,19,20)/t15-/m0/s1. The number of aryl methyl sites for hydroxylation is 1. The Morgan fingerprint density at radius 2 is 1.74 bits per heavy atom. The number of carbonyl (C=O) groups excluding carboxylic acids is 2. The summed E-state index contributed by atoms with van der Waals surface area (Å²) in [4.78, 5) is 23.7. The molecule has 0 unspecified atom stereocenters. The third-order valence-corrected chi connectivity index (χ3v) is 3.45. The number of anilines is 1. The fraction of sp³-hybridized carbons (Fsp3) is 0.500. The molecule has 0 saturated carbocycles. The van der Waals surface area contributed by atoms with E-state index >= 15 is 0 Å². The maximum Gasteiger partial charge on any atom is 0.243 e. The summed E-state index contributed by atoms with van der Waals surface area (Å²) in [6.07, 6.45) is 0. The quantitative estimate of drug-likeness (QED) is 0.696. The summed E-state index contributed by atoms with van der Waals surface area (Å²) in [6.45, 7) is 5.38. The molecule has 0 aliphatic rings. The predicted octanol–water partition coefficient (Wildman–Crippen LogP) is 1.05. The van der Waals surface area contributed by atoms with Gasteiger partial charge in [-0.2, -0.15) is 0 Å². The number of hydrogen-bond acceptors (Lipinski definition) is 5. The highest BCUT2D eigenvalue weighted by atomic mass is 16.5. The lowest BCUT2D eigenvalue weighted by atomic mass is 10.1. The minimum Gasteiger partial charge on any atom is -0.493 e. The Kier molecular flexibility index (Phi) is 6.84. The molecule has 0 fully saturated rings. The average Bonchev–Trinajstić information content (AvgIpc) is 2.53. The van der Waals surface area contributed by atoms with Crippen molar-refractivity contribution in [2.45, 2.75) is 26.8 Å². The van der Waals surface area contributed by atoms with Crippen molar-refractivity contribution >= 4 is 17.5 Å². The van der Waals surface area contributed by atoms with E-state index < -0.39 is 6.04 Å². The first-order valence-electron chi connectivity index (χ1n) is 7.35. The van der Waals surface area contributed by atoms with E-state index in [2.05, 4.69) is 10.6 Å². The lowest BCUT2D eigenvalue weighted by Crippen LogP contribution is -2.46. The van der Waals surface area contributed by atoms with Gasteiger partial charge in [0.05, 0.1) is 26.8 Å². The van der Waals surface area contributed by atoms with E-state index in [4.69, 9.17) is 15.2 Å². The number of ether oxygens (including phenoxy) is 2. The molecule has 1 rings (SSSR count). The SMILES string of the molecule is COc1cc(C)c(NC(=O)CNC(=O)[C@@H](N)C(C)C)cc1OC. The Balaban J connectivity index is 2.69. The third kappa shape index (κ3) is 5.14. The summed E-state index contributed by atoms with van der Waals surface area (Å²) < 4.78 is 10.4. The minimum absolute atomic E-state index is 0.00570. The summed E-state index contributed by atoms with van der Waals surface area (Å²) in [5, 5.41) is 5.25. The number of nitrogens with one attached hydrogen (secondary N) is 2. The first kappa shape index (κ1) is 18.8. The van der Waals surface area contributed by atoms with Crippen LogP contribution < -0.4 is 25.8 Å². The number of rotatable bonds is 7. The smallest absolute Gasteiger partial charge is 0.243 e. The van der Waals surface area contributed by atoms with E-state index in [-0.39, 0.29) is 24.3 Å². The molecule has 1 aromatic rings. The van der Waals surface area contributed by atoms with Crippen molar-refractivity contribution in [3.63, 3.8) is 0 Å². The van der Waals surface area contributed by atoms with Crippen LogP contribution in [0.15, 0.2) is 12.1 Å². The Bertz CT molecular complexity index is 573. The highest BCUT2D eigenvalue weighted by Gasteiger charge is 2.18. The maximum atomic E-state index is 12.0. The maximum absolute atomic E-state index is 12.0. The number of hydrogen-bond donors (Lipinski definition) is 3. The molecule has 0 aliphatic carbocycles. The molecule has 1 aromatic carbocycles. The molecule has 0 spiro atoms. The summed E-state index contributed by atoms with van der Waals surface area (Å²) >= 11 is 0. The summed E-state index contributed by atoms with van der Waals surface area (Å²) in [6, 6.07) is 2.81. The molecule has 1 atom stereocenters. The van der Waals surface area contributed by atoms with Crippen molar-refractivity contribution in [3.05, 3.63) is 17.7 Å². The van der Waals surface area contributed by atoms with Crippen LogP contribution in [0.2, 0.25) is 0 Å². The van der Waals surface area contributed by atoms with Crippen LogP contribution in [0, 0.1) is 12.8 Å². The Morgan fingerprint density at radius 3 is 2.26 bits per heavy atom. The van der Waals surface area contributed by atoms with Crippen LogP contribution in [0.4, 0.5) is 5.69 Å². The van der Waals surface area contributed by atoms with Crippen molar-refractivity contribution in [1.82, 2.24) is 5.32 Å². The highest BCUT2D eigenvalue weighted by molar-refractivity contribution is 5.96. The molecule has 128 valence electrons. The number of amides is 2. The van der Waals surface area contributed by atoms with Crippen LogP contribution >= 0.6 is 0 Å². The number of carbonyl (C=O) groups is 2. The van der Waals surface area contributed by atoms with Gasteiger partial charge in [0.1, 0.15) is 0 Å². The van der Waals surface area contributed by atoms with Crippen molar-refractivity contribution < 1.29 is 19.1 Å². The minimum atomic E-state index is -0.634. The topological polar surface area (TPSA) is 103 Å². The van der Waals surface area contributed by atoms with Crippen LogP contribution in [0.5, 0.6) is 11.5 Å². The van der Waals surface area contributed by atoms with Gasteiger partial charge in [-0.1, -0.05) is 13.8 Å². The first-order chi connectivity index (χ1) is 10.8. The van der Waals surface area contributed by atoms with Crippen molar-refractivity contribution in [3.8, 4) is 11.5 Å². The van der Waals surface area contributed by atoms with Crippen molar-refractivity contribution in [2.24, 2.45) is 11.7 Å². The van der Waals surface area contributed by atoms with Gasteiger partial charge in [0.25, 0.3) is 0 Å². The van der Waals surface area contributed by atoms with E-state index in [1.807, 2.05) is 20.8 Å². The van der Waals surface area contributed by atoms with Crippen molar-refractivity contribution in [1.29, 1.82) is 0 Å². The van der Waals surface area contributed by atoms with Crippen LogP contribution in [0.25, 0.3) is 0 Å². The fourth-order valence-electron chi connectivity index (χ4n) is 1.90. The number of nitrogens with two attached hydrogens (primary N) is 1. The molecule has 7 heteroatoms. The largest absolute Gasteiger partial charge is 0.493 e. The van der Waals surface area contributed by atoms with Gasteiger partial charge in [0.15, 0.2) is 11.5 Å². The molecule has 2 amide bonds. The van der Waals surface area contributed by atoms with Gasteiger partial charge in [-0.25, -0.2) is 0 Å². The van der Waals surface area contributed by atoms with Crippen LogP contribution in [-0.4, -0.2) is 38.6 Å². The zero-order valence-electron chi connectivity index (χ0n) is 14.2. The molecule has 0 heterocycles. The first-order valence-corrected chi connectivity index (χ1v) is 7.35. The van der Waals surface area contributed by atoms with Gasteiger partial charge in [0, 0.05) is 11.8 Å². The molecule has 23 heavy (non-hydrogen) atoms. The van der Waals surface area contributed by atoms with Gasteiger partial charge in [-0.15, -0.1) is 0 Å². The Labute approximate surface area is 136 Å². The monoisotopic (exact) mass is 323 g/mol. The lowest BCUT2D eigenvalue weighted by molar-refractivity contribution is -0.125. The van der Waals surface area contributed by atoms with E-state index in [9.17, 15) is 9.59 Å². The highest BCUT2D eigenvalue weighted by Crippen LogP contribution is 2.32. The van der Waals surface area contributed by atoms with Crippen LogP contribution in [-0.2, 0) is 9.59 Å². The van der Waals surface area contributed by atoms with Gasteiger partial charge in [0.2, 0.25) is 11.8 Å². The van der Waals surface area contributed by atoms with E-state index in [1.165, 1.54) is 7.11 Å². The second-order valence-corrected chi connectivity index (χ2v) is 5.56. The van der Waals surface area contributed by atoms with Crippen molar-refractivity contribution in [2.75, 3.05) is 26.1 Å². The molecule has 0 radical (unpaired) electrons. The van der Waals surface area contributed by atoms with E-state index in [0.29, 0.717) is 17.2 Å². The van der Waals surface area contributed by atoms with E-state index in [1.54, 1.807) is 19.2 Å². The fourth-order valence-corrected chi connectivity index (χ4v) is 1.90. The molecule has 0 aromatic heterocycles. The molecule has 4 N–H and O–H groups in total. The average molecular weight is 323 g/mol. The summed E-state index contributed by atoms with van der Waals surface area (Å²) in [5.41, 5.74) is 7.13. The second-order valence-electron chi connectivity index (χ2n) is 5.56. The van der Waals surface area contributed by atoms with Crippen LogP contribution in [0.3, 0.4) is 0 Å². The van der Waals surface area contributed by atoms with E-state index in [0.717, 1.165) is 5.56 Å². The summed E-state index contributed by atoms with van der Waals surface area (Å²) in [5.74, 6) is 0.411. The second kappa shape index (κ2) is 8.38. The Hall–Kier alpha value is -2.28. The van der Waals surface area contributed by atoms with Gasteiger partial charge in [-0.3, -0.25) is 9.59 Å². The molecule has 7 nitrogen and oxygen atoms in total. The molecule has 0 saturated heterocycles. The number of benzene rings is 1. The Morgan fingerprint density at radius 1 is 1.17 bits per heavy atom. The molecule has 0 aliphatic heterocycles. The molecular weight excluding hydrogens is 298 g/mol. The molecular formula is C16H25N3O4. The lowest BCUT2D eigenvalue weighted by Gasteiger charge is -2.16. The zero-order valence-corrected chi connectivity index (χ0v) is 14.2. The normalized spacial score (nSPS) is 11.8. The molecule has 0 bridgehead atoms. The van der Waals surface area contributed by atoms with Crippen LogP contribution in [0.1, 0.15) is 19.4 Å². The summed E-state index contributed by atoms with van der Waals surface area (Å²) in [7, 11) is 3.06. The number of methoxy groups -OCH3 is 2. The predicted molar refractivity (Wildman–Crippen MR) is 88.7 cm³/mol. The van der Waals surface area contributed by atoms with Gasteiger partial charge in [-0.05, 0) is 24.5 Å². The van der Waals surface area contributed by atoms with Gasteiger partial charge >= 0.3 is 0 Å². The zero-order chi connectivity index (χ0) is 17.6.